The van der Waals surface area contributed by atoms with Crippen LogP contribution in [0.1, 0.15) is 29.9 Å². The van der Waals surface area contributed by atoms with Gasteiger partial charge < -0.3 is 19.5 Å². The van der Waals surface area contributed by atoms with Gasteiger partial charge in [-0.25, -0.2) is 4.98 Å². The molecule has 1 atom stereocenters. The van der Waals surface area contributed by atoms with Gasteiger partial charge >= 0.3 is 0 Å². The van der Waals surface area contributed by atoms with Gasteiger partial charge in [-0.1, -0.05) is 0 Å². The Morgan fingerprint density at radius 1 is 1.00 bits per heavy atom. The summed E-state index contributed by atoms with van der Waals surface area (Å²) in [6, 6.07) is 13.1. The summed E-state index contributed by atoms with van der Waals surface area (Å²) in [6.45, 7) is 4.48. The minimum atomic E-state index is -0.275. The number of rotatable bonds is 9. The third-order valence-corrected chi connectivity index (χ3v) is 4.66. The summed E-state index contributed by atoms with van der Waals surface area (Å²) in [5, 5.41) is 2.98. The van der Waals surface area contributed by atoms with Crippen LogP contribution in [0.25, 0.3) is 11.3 Å². The second kappa shape index (κ2) is 10.4. The smallest absolute Gasteiger partial charge is 0.271 e. The summed E-state index contributed by atoms with van der Waals surface area (Å²) in [6.07, 6.45) is 3.72. The average Bonchev–Trinajstić information content (AvgIpc) is 2.79. The number of aromatic nitrogens is 2. The van der Waals surface area contributed by atoms with Crippen molar-refractivity contribution < 1.29 is 19.0 Å². The number of hydrogen-bond acceptors (Lipinski definition) is 6. The molecular formula is C24H27N3O4. The molecule has 2 aromatic carbocycles. The average molecular weight is 421 g/mol. The number of carbonyl (C=O) groups excluding carboxylic acids is 1. The Hall–Kier alpha value is -3.61. The molecule has 0 saturated carbocycles. The third-order valence-electron chi connectivity index (χ3n) is 4.66. The Morgan fingerprint density at radius 3 is 2.29 bits per heavy atom. The number of nitrogens with one attached hydrogen (secondary N) is 1. The molecule has 3 rings (SSSR count). The van der Waals surface area contributed by atoms with Crippen LogP contribution >= 0.6 is 0 Å². The van der Waals surface area contributed by atoms with Crippen LogP contribution in [-0.2, 0) is 6.42 Å². The van der Waals surface area contributed by atoms with Crippen molar-refractivity contribution in [3.63, 3.8) is 0 Å². The van der Waals surface area contributed by atoms with Crippen molar-refractivity contribution in [2.75, 3.05) is 20.8 Å². The Labute approximate surface area is 182 Å². The van der Waals surface area contributed by atoms with Crippen LogP contribution in [0.2, 0.25) is 0 Å². The van der Waals surface area contributed by atoms with Crippen molar-refractivity contribution in [1.82, 2.24) is 15.3 Å². The first kappa shape index (κ1) is 22.1. The number of hydrogen-bond donors (Lipinski definition) is 1. The van der Waals surface area contributed by atoms with E-state index in [-0.39, 0.29) is 17.6 Å². The van der Waals surface area contributed by atoms with Gasteiger partial charge in [0.1, 0.15) is 22.9 Å². The molecule has 3 aromatic rings. The molecule has 0 radical (unpaired) electrons. The van der Waals surface area contributed by atoms with Crippen molar-refractivity contribution in [2.24, 2.45) is 0 Å². The number of benzene rings is 2. The highest BCUT2D eigenvalue weighted by Crippen LogP contribution is 2.23. The van der Waals surface area contributed by atoms with Gasteiger partial charge in [0.05, 0.1) is 38.9 Å². The predicted octanol–water partition coefficient (Wildman–Crippen LogP) is 3.92. The molecule has 0 bridgehead atoms. The maximum atomic E-state index is 12.7. The quantitative estimate of drug-likeness (QED) is 0.564. The second-order valence-electron chi connectivity index (χ2n) is 7.05. The lowest BCUT2D eigenvalue weighted by Crippen LogP contribution is -2.34. The maximum Gasteiger partial charge on any atom is 0.271 e. The fourth-order valence-electron chi connectivity index (χ4n) is 3.19. The van der Waals surface area contributed by atoms with Crippen LogP contribution in [0.3, 0.4) is 0 Å². The van der Waals surface area contributed by atoms with Crippen molar-refractivity contribution in [1.29, 1.82) is 0 Å². The monoisotopic (exact) mass is 421 g/mol. The van der Waals surface area contributed by atoms with Crippen molar-refractivity contribution >= 4 is 5.91 Å². The van der Waals surface area contributed by atoms with Crippen LogP contribution in [0, 0.1) is 0 Å². The van der Waals surface area contributed by atoms with Gasteiger partial charge in [-0.15, -0.1) is 0 Å². The molecule has 0 aliphatic carbocycles. The molecule has 0 unspecified atom stereocenters. The van der Waals surface area contributed by atoms with Crippen LogP contribution < -0.4 is 19.5 Å². The summed E-state index contributed by atoms with van der Waals surface area (Å²) >= 11 is 0. The normalized spacial score (nSPS) is 11.5. The molecule has 1 N–H and O–H groups in total. The number of nitrogens with zero attached hydrogens (tertiary/aromatic N) is 2. The zero-order valence-electron chi connectivity index (χ0n) is 18.2. The zero-order chi connectivity index (χ0) is 22.2. The van der Waals surface area contributed by atoms with Gasteiger partial charge in [0, 0.05) is 17.7 Å². The van der Waals surface area contributed by atoms with Gasteiger partial charge in [-0.3, -0.25) is 9.78 Å². The molecule has 31 heavy (non-hydrogen) atoms. The Morgan fingerprint density at radius 2 is 1.68 bits per heavy atom. The SMILES string of the molecule is CCOc1ccc(-c2cncc(C(=O)N[C@H](C)Cc3cc(OC)cc(OC)c3)n2)cc1. The predicted molar refractivity (Wildman–Crippen MR) is 119 cm³/mol. The van der Waals surface area contributed by atoms with E-state index < -0.39 is 0 Å². The lowest BCUT2D eigenvalue weighted by Gasteiger charge is -2.15. The molecule has 162 valence electrons. The molecule has 1 amide bonds. The summed E-state index contributed by atoms with van der Waals surface area (Å²) < 4.78 is 16.1. The molecule has 7 nitrogen and oxygen atoms in total. The van der Waals surface area contributed by atoms with Crippen molar-refractivity contribution in [3.8, 4) is 28.5 Å². The van der Waals surface area contributed by atoms with Gasteiger partial charge in [-0.05, 0) is 62.2 Å². The molecule has 0 saturated heterocycles. The largest absolute Gasteiger partial charge is 0.497 e. The van der Waals surface area contributed by atoms with E-state index in [0.717, 1.165) is 16.9 Å². The zero-order valence-corrected chi connectivity index (χ0v) is 18.2. The molecule has 0 spiro atoms. The van der Waals surface area contributed by atoms with Crippen LogP contribution in [0.15, 0.2) is 54.9 Å². The second-order valence-corrected chi connectivity index (χ2v) is 7.05. The van der Waals surface area contributed by atoms with Gasteiger partial charge in [-0.2, -0.15) is 0 Å². The molecular weight excluding hydrogens is 394 g/mol. The van der Waals surface area contributed by atoms with E-state index in [9.17, 15) is 4.79 Å². The minimum absolute atomic E-state index is 0.125. The van der Waals surface area contributed by atoms with Gasteiger partial charge in [0.2, 0.25) is 0 Å². The van der Waals surface area contributed by atoms with Gasteiger partial charge in [0.25, 0.3) is 5.91 Å². The topological polar surface area (TPSA) is 82.6 Å². The van der Waals surface area contributed by atoms with Crippen molar-refractivity contribution in [2.45, 2.75) is 26.3 Å². The fourth-order valence-corrected chi connectivity index (χ4v) is 3.19. The Balaban J connectivity index is 1.68. The van der Waals surface area contributed by atoms with Crippen LogP contribution in [0.5, 0.6) is 17.2 Å². The van der Waals surface area contributed by atoms with Crippen LogP contribution in [0.4, 0.5) is 0 Å². The molecule has 0 aliphatic rings. The highest BCUT2D eigenvalue weighted by molar-refractivity contribution is 5.92. The lowest BCUT2D eigenvalue weighted by atomic mass is 10.1. The first-order valence-corrected chi connectivity index (χ1v) is 10.1. The molecule has 7 heteroatoms. The Bertz CT molecular complexity index is 999. The van der Waals surface area contributed by atoms with Crippen LogP contribution in [-0.4, -0.2) is 42.7 Å². The molecule has 1 heterocycles. The summed E-state index contributed by atoms with van der Waals surface area (Å²) in [4.78, 5) is 21.4. The molecule has 0 fully saturated rings. The van der Waals surface area contributed by atoms with E-state index in [2.05, 4.69) is 15.3 Å². The van der Waals surface area contributed by atoms with E-state index in [1.807, 2.05) is 56.3 Å². The van der Waals surface area contributed by atoms with E-state index in [4.69, 9.17) is 14.2 Å². The Kier molecular flexibility index (Phi) is 7.43. The standard InChI is InChI=1S/C24H27N3O4/c1-5-31-19-8-6-18(7-9-19)22-14-25-15-23(27-22)24(28)26-16(2)10-17-11-20(29-3)13-21(12-17)30-4/h6-9,11-16H,5,10H2,1-4H3,(H,26,28)/t16-/m1/s1. The lowest BCUT2D eigenvalue weighted by molar-refractivity contribution is 0.0934. The van der Waals surface area contributed by atoms with E-state index in [1.165, 1.54) is 6.20 Å². The molecule has 0 aliphatic heterocycles. The minimum Gasteiger partial charge on any atom is -0.497 e. The van der Waals surface area contributed by atoms with E-state index in [0.29, 0.717) is 30.2 Å². The summed E-state index contributed by atoms with van der Waals surface area (Å²) in [5.74, 6) is 1.93. The first-order chi connectivity index (χ1) is 15.0. The van der Waals surface area contributed by atoms with Gasteiger partial charge in [0.15, 0.2) is 0 Å². The fraction of sp³-hybridized carbons (Fsp3) is 0.292. The number of carbonyl (C=O) groups is 1. The van der Waals surface area contributed by atoms with Crippen molar-refractivity contribution in [3.05, 3.63) is 66.1 Å². The number of ether oxygens (including phenoxy) is 3. The summed E-state index contributed by atoms with van der Waals surface area (Å²) in [7, 11) is 3.22. The maximum absolute atomic E-state index is 12.7. The first-order valence-electron chi connectivity index (χ1n) is 10.1. The molecule has 1 aromatic heterocycles. The highest BCUT2D eigenvalue weighted by atomic mass is 16.5. The highest BCUT2D eigenvalue weighted by Gasteiger charge is 2.14. The summed E-state index contributed by atoms with van der Waals surface area (Å²) in [5.41, 5.74) is 2.75. The number of methoxy groups -OCH3 is 2. The number of amides is 1. The third kappa shape index (κ3) is 5.94. The van der Waals surface area contributed by atoms with E-state index >= 15 is 0 Å². The van der Waals surface area contributed by atoms with E-state index in [1.54, 1.807) is 20.4 Å².